The van der Waals surface area contributed by atoms with Gasteiger partial charge in [0.05, 0.1) is 0 Å². The van der Waals surface area contributed by atoms with Gasteiger partial charge in [-0.3, -0.25) is 0 Å². The standard InChI is InChI=1S/C28H47F3/c1-8-9-25(14-10-19(2)3)27(28(29,30)31,26-15-13-21(5)23(7)17-26)18-24-16-20(4)11-12-22(24)6/h14-15,19-24H,8-13,16-18H2,1-7H3/b25-14+/t20-,21?,22+,23?,24+,27?/m1/s1. The summed E-state index contributed by atoms with van der Waals surface area (Å²) in [6.07, 6.45) is 6.51. The molecule has 6 atom stereocenters. The molecule has 2 rings (SSSR count). The van der Waals surface area contributed by atoms with Gasteiger partial charge in [0.25, 0.3) is 0 Å². The van der Waals surface area contributed by atoms with Crippen molar-refractivity contribution in [1.29, 1.82) is 0 Å². The fraction of sp³-hybridized carbons (Fsp3) is 0.857. The van der Waals surface area contributed by atoms with Crippen LogP contribution in [0.3, 0.4) is 0 Å². The van der Waals surface area contributed by atoms with E-state index >= 15 is 13.2 Å². The third-order valence-electron chi connectivity index (χ3n) is 8.38. The molecular weight excluding hydrogens is 393 g/mol. The van der Waals surface area contributed by atoms with Gasteiger partial charge in [-0.05, 0) is 74.0 Å². The third-order valence-corrected chi connectivity index (χ3v) is 8.38. The summed E-state index contributed by atoms with van der Waals surface area (Å²) in [6, 6.07) is 0. The molecule has 0 aromatic heterocycles. The van der Waals surface area contributed by atoms with Gasteiger partial charge in [-0.15, -0.1) is 0 Å². The van der Waals surface area contributed by atoms with Crippen molar-refractivity contribution in [3.63, 3.8) is 0 Å². The minimum atomic E-state index is -4.25. The summed E-state index contributed by atoms with van der Waals surface area (Å²) in [5, 5.41) is 0. The average Bonchev–Trinajstić information content (AvgIpc) is 2.67. The van der Waals surface area contributed by atoms with Crippen molar-refractivity contribution in [2.45, 2.75) is 112 Å². The largest absolute Gasteiger partial charge is 0.401 e. The lowest BCUT2D eigenvalue weighted by atomic mass is 9.59. The molecule has 0 saturated heterocycles. The van der Waals surface area contributed by atoms with Gasteiger partial charge in [0.2, 0.25) is 0 Å². The van der Waals surface area contributed by atoms with Crippen LogP contribution in [0.5, 0.6) is 0 Å². The van der Waals surface area contributed by atoms with Gasteiger partial charge in [0.1, 0.15) is 5.41 Å². The molecule has 0 aromatic carbocycles. The molecule has 0 nitrogen and oxygen atoms in total. The first-order valence-electron chi connectivity index (χ1n) is 12.9. The summed E-state index contributed by atoms with van der Waals surface area (Å²) in [5.41, 5.74) is -0.434. The van der Waals surface area contributed by atoms with E-state index < -0.39 is 11.6 Å². The highest BCUT2D eigenvalue weighted by atomic mass is 19.4. The molecule has 180 valence electrons. The molecule has 1 saturated carbocycles. The smallest absolute Gasteiger partial charge is 0.170 e. The van der Waals surface area contributed by atoms with Crippen LogP contribution in [0.4, 0.5) is 13.2 Å². The highest BCUT2D eigenvalue weighted by Crippen LogP contribution is 2.59. The summed E-state index contributed by atoms with van der Waals surface area (Å²) >= 11 is 0. The van der Waals surface area contributed by atoms with E-state index in [0.29, 0.717) is 53.6 Å². The van der Waals surface area contributed by atoms with E-state index in [1.54, 1.807) is 0 Å². The van der Waals surface area contributed by atoms with Gasteiger partial charge in [-0.1, -0.05) is 91.0 Å². The Morgan fingerprint density at radius 1 is 1.06 bits per heavy atom. The predicted octanol–water partition coefficient (Wildman–Crippen LogP) is 9.76. The van der Waals surface area contributed by atoms with Crippen LogP contribution in [0.15, 0.2) is 23.3 Å². The first-order valence-corrected chi connectivity index (χ1v) is 12.9. The topological polar surface area (TPSA) is 0 Å². The summed E-state index contributed by atoms with van der Waals surface area (Å²) in [7, 11) is 0. The highest BCUT2D eigenvalue weighted by Gasteiger charge is 2.59. The second-order valence-corrected chi connectivity index (χ2v) is 11.5. The van der Waals surface area contributed by atoms with Gasteiger partial charge in [-0.2, -0.15) is 13.2 Å². The number of allylic oxidation sites excluding steroid dienone is 4. The second-order valence-electron chi connectivity index (χ2n) is 11.5. The van der Waals surface area contributed by atoms with E-state index in [2.05, 4.69) is 41.5 Å². The second kappa shape index (κ2) is 10.9. The number of hydrogen-bond acceptors (Lipinski definition) is 0. The molecule has 2 aliphatic carbocycles. The molecule has 0 N–H and O–H groups in total. The maximum absolute atomic E-state index is 15.4. The van der Waals surface area contributed by atoms with E-state index in [-0.39, 0.29) is 12.3 Å². The average molecular weight is 441 g/mol. The Labute approximate surface area is 190 Å². The fourth-order valence-corrected chi connectivity index (χ4v) is 5.95. The zero-order valence-electron chi connectivity index (χ0n) is 21.1. The zero-order valence-corrected chi connectivity index (χ0v) is 21.1. The van der Waals surface area contributed by atoms with Crippen LogP contribution in [0.2, 0.25) is 0 Å². The van der Waals surface area contributed by atoms with Crippen molar-refractivity contribution in [2.75, 3.05) is 0 Å². The van der Waals surface area contributed by atoms with E-state index in [1.807, 2.05) is 19.1 Å². The maximum Gasteiger partial charge on any atom is 0.401 e. The van der Waals surface area contributed by atoms with Crippen LogP contribution in [-0.4, -0.2) is 6.18 Å². The molecule has 0 radical (unpaired) electrons. The van der Waals surface area contributed by atoms with Crippen molar-refractivity contribution in [2.24, 2.45) is 40.9 Å². The normalized spacial score (nSPS) is 32.7. The number of alkyl halides is 3. The number of rotatable bonds is 8. The molecule has 0 aliphatic heterocycles. The summed E-state index contributed by atoms with van der Waals surface area (Å²) in [5.74, 6) is 2.16. The first-order chi connectivity index (χ1) is 14.4. The maximum atomic E-state index is 15.4. The quantitative estimate of drug-likeness (QED) is 0.329. The monoisotopic (exact) mass is 440 g/mol. The predicted molar refractivity (Wildman–Crippen MR) is 127 cm³/mol. The molecular formula is C28H47F3. The van der Waals surface area contributed by atoms with Crippen molar-refractivity contribution >= 4 is 0 Å². The van der Waals surface area contributed by atoms with Gasteiger partial charge in [-0.25, -0.2) is 0 Å². The molecule has 0 amide bonds. The third kappa shape index (κ3) is 6.20. The minimum Gasteiger partial charge on any atom is -0.170 e. The van der Waals surface area contributed by atoms with Crippen molar-refractivity contribution in [3.05, 3.63) is 23.3 Å². The van der Waals surface area contributed by atoms with E-state index in [9.17, 15) is 0 Å². The Morgan fingerprint density at radius 2 is 1.74 bits per heavy atom. The molecule has 0 heterocycles. The van der Waals surface area contributed by atoms with Gasteiger partial charge < -0.3 is 0 Å². The first kappa shape index (κ1) is 26.5. The SMILES string of the molecule is CCC/C(=C\CC(C)C)C(C[C@@H]1C[C@H](C)CC[C@@H]1C)(C1=CCC(C)C(C)C1)C(F)(F)F. The molecule has 0 aromatic rings. The Morgan fingerprint density at radius 3 is 2.29 bits per heavy atom. The van der Waals surface area contributed by atoms with Crippen LogP contribution in [-0.2, 0) is 0 Å². The molecule has 0 spiro atoms. The van der Waals surface area contributed by atoms with Gasteiger partial charge in [0.15, 0.2) is 0 Å². The van der Waals surface area contributed by atoms with E-state index in [0.717, 1.165) is 38.5 Å². The fourth-order valence-electron chi connectivity index (χ4n) is 5.95. The Hall–Kier alpha value is -0.730. The van der Waals surface area contributed by atoms with E-state index in [1.165, 1.54) is 0 Å². The summed E-state index contributed by atoms with van der Waals surface area (Å²) in [6.45, 7) is 15.0. The van der Waals surface area contributed by atoms with Crippen molar-refractivity contribution in [3.8, 4) is 0 Å². The van der Waals surface area contributed by atoms with Crippen LogP contribution in [0.1, 0.15) is 106 Å². The molecule has 31 heavy (non-hydrogen) atoms. The van der Waals surface area contributed by atoms with Gasteiger partial charge >= 0.3 is 6.18 Å². The number of hydrogen-bond donors (Lipinski definition) is 0. The molecule has 3 heteroatoms. The molecule has 3 unspecified atom stereocenters. The lowest BCUT2D eigenvalue weighted by Gasteiger charge is -2.47. The zero-order chi connectivity index (χ0) is 23.4. The Balaban J connectivity index is 2.64. The van der Waals surface area contributed by atoms with Crippen LogP contribution >= 0.6 is 0 Å². The Bertz CT molecular complexity index is 627. The molecule has 0 bridgehead atoms. The minimum absolute atomic E-state index is 0.139. The van der Waals surface area contributed by atoms with Crippen molar-refractivity contribution < 1.29 is 13.2 Å². The molecule has 1 fully saturated rings. The van der Waals surface area contributed by atoms with Crippen LogP contribution in [0, 0.1) is 40.9 Å². The lowest BCUT2D eigenvalue weighted by molar-refractivity contribution is -0.206. The Kier molecular flexibility index (Phi) is 9.35. The number of halogens is 3. The highest BCUT2D eigenvalue weighted by molar-refractivity contribution is 5.35. The molecule has 2 aliphatic rings. The lowest BCUT2D eigenvalue weighted by Crippen LogP contribution is -2.46. The van der Waals surface area contributed by atoms with E-state index in [4.69, 9.17) is 0 Å². The summed E-state index contributed by atoms with van der Waals surface area (Å²) in [4.78, 5) is 0. The van der Waals surface area contributed by atoms with Crippen LogP contribution < -0.4 is 0 Å². The van der Waals surface area contributed by atoms with Crippen LogP contribution in [0.25, 0.3) is 0 Å². The summed E-state index contributed by atoms with van der Waals surface area (Å²) < 4.78 is 46.1. The van der Waals surface area contributed by atoms with Crippen molar-refractivity contribution in [1.82, 2.24) is 0 Å². The van der Waals surface area contributed by atoms with Gasteiger partial charge in [0, 0.05) is 0 Å².